The van der Waals surface area contributed by atoms with Crippen LogP contribution < -0.4 is 14.5 Å². The van der Waals surface area contributed by atoms with Gasteiger partial charge in [-0.3, -0.25) is 9.10 Å². The summed E-state index contributed by atoms with van der Waals surface area (Å²) in [6.07, 6.45) is -2.73. The largest absolute Gasteiger partial charge is 0.489 e. The van der Waals surface area contributed by atoms with Crippen molar-refractivity contribution in [2.45, 2.75) is 12.8 Å². The molecule has 3 rings (SSSR count). The van der Waals surface area contributed by atoms with E-state index < -0.39 is 39.2 Å². The minimum atomic E-state index is -4.81. The number of hydrogen-bond acceptors (Lipinski definition) is 5. The summed E-state index contributed by atoms with van der Waals surface area (Å²) >= 11 is 11.7. The van der Waals surface area contributed by atoms with E-state index in [2.05, 4.69) is 10.5 Å². The van der Waals surface area contributed by atoms with E-state index in [0.717, 1.165) is 24.0 Å². The average Bonchev–Trinajstić information content (AvgIpc) is 2.82. The fourth-order valence-electron chi connectivity index (χ4n) is 3.06. The molecule has 0 heterocycles. The summed E-state index contributed by atoms with van der Waals surface area (Å²) in [6, 6.07) is 16.5. The Hall–Kier alpha value is -3.28. The SMILES string of the molecule is CS(=O)(=O)N(CC(=O)N/N=C\c1ccc(OCc2ccccc2Cl)cc1)c1ccc(Cl)c(C(F)(F)F)c1. The van der Waals surface area contributed by atoms with Crippen LogP contribution in [0, 0.1) is 0 Å². The van der Waals surface area contributed by atoms with E-state index in [1.165, 1.54) is 6.21 Å². The van der Waals surface area contributed by atoms with Gasteiger partial charge in [-0.25, -0.2) is 13.8 Å². The quantitative estimate of drug-likeness (QED) is 0.270. The van der Waals surface area contributed by atoms with Crippen molar-refractivity contribution in [1.82, 2.24) is 5.43 Å². The zero-order valence-corrected chi connectivity index (χ0v) is 21.5. The predicted molar refractivity (Wildman–Crippen MR) is 137 cm³/mol. The van der Waals surface area contributed by atoms with Crippen molar-refractivity contribution in [2.75, 3.05) is 17.1 Å². The summed E-state index contributed by atoms with van der Waals surface area (Å²) in [5.74, 6) is -0.295. The number of amides is 1. The van der Waals surface area contributed by atoms with Crippen molar-refractivity contribution in [3.05, 3.63) is 93.5 Å². The molecule has 3 aromatic rings. The van der Waals surface area contributed by atoms with Gasteiger partial charge in [-0.15, -0.1) is 0 Å². The summed E-state index contributed by atoms with van der Waals surface area (Å²) in [4.78, 5) is 12.3. The molecular formula is C24H20Cl2F3N3O4S. The molecule has 0 aliphatic heterocycles. The van der Waals surface area contributed by atoms with Gasteiger partial charge >= 0.3 is 6.18 Å². The van der Waals surface area contributed by atoms with Crippen LogP contribution in [0.15, 0.2) is 71.8 Å². The molecule has 0 fully saturated rings. The minimum Gasteiger partial charge on any atom is -0.489 e. The highest BCUT2D eigenvalue weighted by Gasteiger charge is 2.34. The third kappa shape index (κ3) is 8.11. The fourth-order valence-corrected chi connectivity index (χ4v) is 4.32. The Labute approximate surface area is 221 Å². The molecule has 0 unspecified atom stereocenters. The topological polar surface area (TPSA) is 88.1 Å². The maximum absolute atomic E-state index is 13.2. The highest BCUT2D eigenvalue weighted by molar-refractivity contribution is 7.92. The number of rotatable bonds is 9. The molecule has 196 valence electrons. The molecule has 37 heavy (non-hydrogen) atoms. The molecule has 0 aliphatic carbocycles. The van der Waals surface area contributed by atoms with Gasteiger partial charge in [-0.1, -0.05) is 41.4 Å². The Balaban J connectivity index is 1.62. The number of hydrogen-bond donors (Lipinski definition) is 1. The maximum Gasteiger partial charge on any atom is 0.417 e. The molecule has 0 bridgehead atoms. The second-order valence-electron chi connectivity index (χ2n) is 7.67. The standard InChI is InChI=1S/C24H20Cl2F3N3O4S/c1-37(34,35)32(18-8-11-22(26)20(12-18)24(27,28)29)14-23(33)31-30-13-16-6-9-19(10-7-16)36-15-17-4-2-3-5-21(17)25/h2-13H,14-15H2,1H3,(H,31,33)/b30-13-. The van der Waals surface area contributed by atoms with Gasteiger partial charge in [0, 0.05) is 10.6 Å². The molecule has 3 aromatic carbocycles. The lowest BCUT2D eigenvalue weighted by molar-refractivity contribution is -0.137. The molecule has 1 amide bonds. The Morgan fingerprint density at radius 3 is 2.35 bits per heavy atom. The number of anilines is 1. The van der Waals surface area contributed by atoms with Crippen LogP contribution >= 0.6 is 23.2 Å². The van der Waals surface area contributed by atoms with Gasteiger partial charge in [0.1, 0.15) is 18.9 Å². The number of nitrogens with zero attached hydrogens (tertiary/aromatic N) is 2. The molecule has 0 saturated carbocycles. The number of alkyl halides is 3. The molecular weight excluding hydrogens is 554 g/mol. The summed E-state index contributed by atoms with van der Waals surface area (Å²) in [5, 5.41) is 3.76. The number of benzene rings is 3. The first-order chi connectivity index (χ1) is 17.3. The minimum absolute atomic E-state index is 0.276. The summed E-state index contributed by atoms with van der Waals surface area (Å²) in [7, 11) is -4.11. The first kappa shape index (κ1) is 28.3. The van der Waals surface area contributed by atoms with E-state index in [1.54, 1.807) is 30.3 Å². The van der Waals surface area contributed by atoms with Crippen LogP contribution in [0.25, 0.3) is 0 Å². The van der Waals surface area contributed by atoms with Gasteiger partial charge < -0.3 is 4.74 Å². The summed E-state index contributed by atoms with van der Waals surface area (Å²) < 4.78 is 70.1. The van der Waals surface area contributed by atoms with Crippen molar-refractivity contribution in [1.29, 1.82) is 0 Å². The van der Waals surface area contributed by atoms with E-state index in [-0.39, 0.29) is 12.3 Å². The van der Waals surface area contributed by atoms with Crippen molar-refractivity contribution >= 4 is 51.0 Å². The zero-order valence-electron chi connectivity index (χ0n) is 19.2. The first-order valence-corrected chi connectivity index (χ1v) is 13.1. The number of sulfonamides is 1. The number of halogens is 5. The van der Waals surface area contributed by atoms with Crippen LogP contribution in [-0.4, -0.2) is 33.3 Å². The van der Waals surface area contributed by atoms with Crippen LogP contribution in [0.4, 0.5) is 18.9 Å². The maximum atomic E-state index is 13.2. The predicted octanol–water partition coefficient (Wildman–Crippen LogP) is 5.51. The van der Waals surface area contributed by atoms with Gasteiger partial charge in [0.25, 0.3) is 5.91 Å². The number of carbonyl (C=O) groups excluding carboxylic acids is 1. The van der Waals surface area contributed by atoms with Gasteiger partial charge in [0.15, 0.2) is 0 Å². The monoisotopic (exact) mass is 573 g/mol. The molecule has 13 heteroatoms. The van der Waals surface area contributed by atoms with Gasteiger partial charge in [-0.05, 0) is 54.1 Å². The van der Waals surface area contributed by atoms with E-state index >= 15 is 0 Å². The summed E-state index contributed by atoms with van der Waals surface area (Å²) in [6.45, 7) is -0.526. The van der Waals surface area contributed by atoms with Gasteiger partial charge in [0.05, 0.1) is 28.7 Å². The Morgan fingerprint density at radius 1 is 1.05 bits per heavy atom. The summed E-state index contributed by atoms with van der Waals surface area (Å²) in [5.41, 5.74) is 1.99. The molecule has 0 aliphatic rings. The van der Waals surface area contributed by atoms with Crippen LogP contribution in [0.2, 0.25) is 10.0 Å². The average molecular weight is 574 g/mol. The zero-order chi connectivity index (χ0) is 27.2. The Morgan fingerprint density at radius 2 is 1.73 bits per heavy atom. The lowest BCUT2D eigenvalue weighted by atomic mass is 10.2. The number of ether oxygens (including phenoxy) is 1. The fraction of sp³-hybridized carbons (Fsp3) is 0.167. The smallest absolute Gasteiger partial charge is 0.417 e. The molecule has 0 saturated heterocycles. The van der Waals surface area contributed by atoms with Crippen molar-refractivity contribution in [3.8, 4) is 5.75 Å². The van der Waals surface area contributed by atoms with Crippen molar-refractivity contribution in [3.63, 3.8) is 0 Å². The van der Waals surface area contributed by atoms with E-state index in [4.69, 9.17) is 27.9 Å². The normalized spacial score (nSPS) is 11.9. The van der Waals surface area contributed by atoms with Gasteiger partial charge in [-0.2, -0.15) is 18.3 Å². The van der Waals surface area contributed by atoms with Crippen LogP contribution in [0.3, 0.4) is 0 Å². The van der Waals surface area contributed by atoms with E-state index in [9.17, 15) is 26.4 Å². The number of carbonyl (C=O) groups is 1. The van der Waals surface area contributed by atoms with Gasteiger partial charge in [0.2, 0.25) is 10.0 Å². The van der Waals surface area contributed by atoms with Crippen LogP contribution in [-0.2, 0) is 27.6 Å². The molecule has 0 spiro atoms. The van der Waals surface area contributed by atoms with E-state index in [0.29, 0.717) is 26.7 Å². The molecule has 0 atom stereocenters. The lowest BCUT2D eigenvalue weighted by Gasteiger charge is -2.22. The second-order valence-corrected chi connectivity index (χ2v) is 10.4. The third-order valence-electron chi connectivity index (χ3n) is 4.87. The van der Waals surface area contributed by atoms with Crippen molar-refractivity contribution in [2.24, 2.45) is 5.10 Å². The van der Waals surface area contributed by atoms with Crippen molar-refractivity contribution < 1.29 is 31.1 Å². The lowest BCUT2D eigenvalue weighted by Crippen LogP contribution is -2.39. The van der Waals surface area contributed by atoms with E-state index in [1.807, 2.05) is 18.2 Å². The molecule has 7 nitrogen and oxygen atoms in total. The Bertz CT molecular complexity index is 1400. The molecule has 0 aromatic heterocycles. The second kappa shape index (κ2) is 11.8. The Kier molecular flexibility index (Phi) is 9.06. The highest BCUT2D eigenvalue weighted by Crippen LogP contribution is 2.37. The van der Waals surface area contributed by atoms with Crippen LogP contribution in [0.5, 0.6) is 5.75 Å². The first-order valence-electron chi connectivity index (χ1n) is 10.5. The third-order valence-corrected chi connectivity index (χ3v) is 6.70. The number of hydrazone groups is 1. The highest BCUT2D eigenvalue weighted by atomic mass is 35.5. The number of nitrogens with one attached hydrogen (secondary N) is 1. The molecule has 1 N–H and O–H groups in total. The van der Waals surface area contributed by atoms with Crippen LogP contribution in [0.1, 0.15) is 16.7 Å². The molecule has 0 radical (unpaired) electrons.